The van der Waals surface area contributed by atoms with Gasteiger partial charge in [0, 0.05) is 6.42 Å². The average Bonchev–Trinajstić information content (AvgIpc) is 3.16. The third-order valence-corrected chi connectivity index (χ3v) is 2.97. The molecule has 0 atom stereocenters. The Morgan fingerprint density at radius 2 is 1.53 bits per heavy atom. The predicted molar refractivity (Wildman–Crippen MR) is 122 cm³/mol. The van der Waals surface area contributed by atoms with Gasteiger partial charge in [-0.05, 0) is 27.7 Å². The second kappa shape index (κ2) is 19.5. The standard InChI is InChI=1S/C11H17NO5.C7H8.2C2H6.C2H2/c1-11(2,3)17-9(14)5-4-8(13)12-6-7-16-10(12)15;1-7-5-3-2-4-6-7;3*1-2/h4-7H2,1-3H3;2-6H,1H3;2*1-2H3;1-2H. The largest absolute Gasteiger partial charge is 0.460 e. The van der Waals surface area contributed by atoms with E-state index in [1.54, 1.807) is 20.8 Å². The molecule has 0 spiro atoms. The summed E-state index contributed by atoms with van der Waals surface area (Å²) in [7, 11) is 0. The number of hydrogen-bond acceptors (Lipinski definition) is 5. The van der Waals surface area contributed by atoms with Crippen LogP contribution in [0.2, 0.25) is 0 Å². The summed E-state index contributed by atoms with van der Waals surface area (Å²) in [6.07, 6.45) is 7.29. The van der Waals surface area contributed by atoms with Crippen molar-refractivity contribution < 1.29 is 23.9 Å². The average molecular weight is 422 g/mol. The quantitative estimate of drug-likeness (QED) is 0.484. The smallest absolute Gasteiger partial charge is 0.416 e. The second-order valence-corrected chi connectivity index (χ2v) is 6.40. The number of carbonyl (C=O) groups excluding carboxylic acids is 3. The molecule has 2 amide bonds. The second-order valence-electron chi connectivity index (χ2n) is 6.40. The Morgan fingerprint density at radius 3 is 1.87 bits per heavy atom. The Balaban J connectivity index is -0.000000464. The molecule has 1 aliphatic rings. The topological polar surface area (TPSA) is 72.9 Å². The molecule has 1 fully saturated rings. The number of ether oxygens (including phenoxy) is 2. The molecule has 6 heteroatoms. The van der Waals surface area contributed by atoms with Crippen molar-refractivity contribution in [1.29, 1.82) is 0 Å². The summed E-state index contributed by atoms with van der Waals surface area (Å²) in [6, 6.07) is 10.3. The lowest BCUT2D eigenvalue weighted by molar-refractivity contribution is -0.156. The van der Waals surface area contributed by atoms with Crippen molar-refractivity contribution in [2.75, 3.05) is 13.2 Å². The minimum absolute atomic E-state index is 0.0279. The molecule has 0 radical (unpaired) electrons. The number of aryl methyl sites for hydroxylation is 1. The monoisotopic (exact) mass is 421 g/mol. The zero-order valence-electron chi connectivity index (χ0n) is 19.9. The fraction of sp³-hybridized carbons (Fsp3) is 0.542. The molecule has 0 bridgehead atoms. The van der Waals surface area contributed by atoms with Crippen molar-refractivity contribution in [3.8, 4) is 12.8 Å². The Hall–Kier alpha value is -2.81. The number of rotatable bonds is 3. The first kappa shape index (κ1) is 31.9. The van der Waals surface area contributed by atoms with Gasteiger partial charge in [-0.25, -0.2) is 9.69 Å². The lowest BCUT2D eigenvalue weighted by Gasteiger charge is -2.19. The van der Waals surface area contributed by atoms with E-state index >= 15 is 0 Å². The van der Waals surface area contributed by atoms with Crippen LogP contribution >= 0.6 is 0 Å². The van der Waals surface area contributed by atoms with Crippen LogP contribution in [0.5, 0.6) is 0 Å². The molecule has 2 rings (SSSR count). The Kier molecular flexibility index (Phi) is 20.7. The summed E-state index contributed by atoms with van der Waals surface area (Å²) in [6.45, 7) is 15.8. The summed E-state index contributed by atoms with van der Waals surface area (Å²) >= 11 is 0. The molecule has 1 aliphatic heterocycles. The summed E-state index contributed by atoms with van der Waals surface area (Å²) in [4.78, 5) is 35.0. The molecule has 170 valence electrons. The lowest BCUT2D eigenvalue weighted by Crippen LogP contribution is -2.32. The summed E-state index contributed by atoms with van der Waals surface area (Å²) in [5.74, 6) is -0.850. The first-order valence-electron chi connectivity index (χ1n) is 10.2. The van der Waals surface area contributed by atoms with E-state index in [0.29, 0.717) is 0 Å². The number of amides is 2. The number of esters is 1. The number of terminal acetylenes is 1. The van der Waals surface area contributed by atoms with E-state index in [1.165, 1.54) is 5.56 Å². The van der Waals surface area contributed by atoms with Gasteiger partial charge in [-0.15, -0.1) is 12.8 Å². The van der Waals surface area contributed by atoms with E-state index in [1.807, 2.05) is 45.9 Å². The molecule has 1 aromatic rings. The van der Waals surface area contributed by atoms with Crippen molar-refractivity contribution in [2.24, 2.45) is 0 Å². The zero-order valence-corrected chi connectivity index (χ0v) is 19.9. The molecule has 0 saturated carbocycles. The van der Waals surface area contributed by atoms with E-state index in [4.69, 9.17) is 4.74 Å². The van der Waals surface area contributed by atoms with Crippen molar-refractivity contribution >= 4 is 18.0 Å². The number of carbonyl (C=O) groups is 3. The normalized spacial score (nSPS) is 11.4. The summed E-state index contributed by atoms with van der Waals surface area (Å²) in [5, 5.41) is 0. The molecule has 30 heavy (non-hydrogen) atoms. The first-order chi connectivity index (χ1) is 14.2. The molecule has 0 unspecified atom stereocenters. The fourth-order valence-corrected chi connectivity index (χ4v) is 1.89. The van der Waals surface area contributed by atoms with E-state index in [0.717, 1.165) is 4.90 Å². The molecule has 0 aliphatic carbocycles. The van der Waals surface area contributed by atoms with E-state index in [9.17, 15) is 14.4 Å². The van der Waals surface area contributed by atoms with E-state index in [2.05, 4.69) is 36.6 Å². The molecule has 0 aromatic heterocycles. The van der Waals surface area contributed by atoms with Crippen molar-refractivity contribution in [1.82, 2.24) is 4.90 Å². The van der Waals surface area contributed by atoms with Gasteiger partial charge in [0.05, 0.1) is 13.0 Å². The van der Waals surface area contributed by atoms with Gasteiger partial charge >= 0.3 is 12.1 Å². The highest BCUT2D eigenvalue weighted by Crippen LogP contribution is 2.11. The van der Waals surface area contributed by atoms with Gasteiger partial charge in [-0.2, -0.15) is 0 Å². The molecule has 1 saturated heterocycles. The van der Waals surface area contributed by atoms with Crippen LogP contribution < -0.4 is 0 Å². The molecular formula is C24H39NO5. The first-order valence-corrected chi connectivity index (χ1v) is 10.2. The van der Waals surface area contributed by atoms with Gasteiger partial charge in [0.1, 0.15) is 12.2 Å². The highest BCUT2D eigenvalue weighted by Gasteiger charge is 2.28. The van der Waals surface area contributed by atoms with Gasteiger partial charge in [-0.1, -0.05) is 63.6 Å². The predicted octanol–water partition coefficient (Wildman–Crippen LogP) is 5.38. The van der Waals surface area contributed by atoms with Crippen molar-refractivity contribution in [3.05, 3.63) is 35.9 Å². The van der Waals surface area contributed by atoms with E-state index < -0.39 is 23.6 Å². The summed E-state index contributed by atoms with van der Waals surface area (Å²) in [5.41, 5.74) is 0.759. The number of nitrogens with zero attached hydrogens (tertiary/aromatic N) is 1. The SMILES string of the molecule is C#C.CC.CC.CC(C)(C)OC(=O)CCC(=O)N1CCOC1=O.Cc1ccccc1. The minimum Gasteiger partial charge on any atom is -0.460 e. The maximum absolute atomic E-state index is 11.5. The van der Waals surface area contributed by atoms with Crippen LogP contribution in [0.3, 0.4) is 0 Å². The van der Waals surface area contributed by atoms with Gasteiger partial charge in [-0.3, -0.25) is 9.59 Å². The number of hydrogen-bond donors (Lipinski definition) is 0. The van der Waals surface area contributed by atoms with Gasteiger partial charge in [0.2, 0.25) is 5.91 Å². The van der Waals surface area contributed by atoms with Gasteiger partial charge < -0.3 is 9.47 Å². The fourth-order valence-electron chi connectivity index (χ4n) is 1.89. The van der Waals surface area contributed by atoms with Gasteiger partial charge in [0.25, 0.3) is 0 Å². The molecule has 0 N–H and O–H groups in total. The van der Waals surface area contributed by atoms with Crippen LogP contribution in [0.1, 0.15) is 66.9 Å². The minimum atomic E-state index is -0.640. The molecular weight excluding hydrogens is 382 g/mol. The van der Waals surface area contributed by atoms with Crippen LogP contribution in [0.25, 0.3) is 0 Å². The van der Waals surface area contributed by atoms with Crippen LogP contribution in [0.15, 0.2) is 30.3 Å². The zero-order chi connectivity index (χ0) is 24.2. The van der Waals surface area contributed by atoms with E-state index in [-0.39, 0.29) is 26.0 Å². The molecule has 6 nitrogen and oxygen atoms in total. The summed E-state index contributed by atoms with van der Waals surface area (Å²) < 4.78 is 9.68. The number of cyclic esters (lactones) is 1. The third kappa shape index (κ3) is 17.3. The number of imide groups is 1. The van der Waals surface area contributed by atoms with Crippen LogP contribution in [-0.2, 0) is 19.1 Å². The lowest BCUT2D eigenvalue weighted by atomic mass is 10.2. The van der Waals surface area contributed by atoms with Gasteiger partial charge in [0.15, 0.2) is 0 Å². The Bertz CT molecular complexity index is 603. The van der Waals surface area contributed by atoms with Crippen LogP contribution in [0.4, 0.5) is 4.79 Å². The molecule has 1 aromatic carbocycles. The highest BCUT2D eigenvalue weighted by molar-refractivity contribution is 5.94. The van der Waals surface area contributed by atoms with Crippen LogP contribution in [0, 0.1) is 19.8 Å². The third-order valence-electron chi connectivity index (χ3n) is 2.97. The Labute approximate surface area is 182 Å². The maximum atomic E-state index is 11.5. The number of benzene rings is 1. The van der Waals surface area contributed by atoms with Crippen LogP contribution in [-0.4, -0.2) is 41.6 Å². The highest BCUT2D eigenvalue weighted by atomic mass is 16.6. The maximum Gasteiger partial charge on any atom is 0.416 e. The molecule has 1 heterocycles. The van der Waals surface area contributed by atoms with Crippen molar-refractivity contribution in [2.45, 2.75) is 73.8 Å². The Morgan fingerprint density at radius 1 is 1.03 bits per heavy atom. The van der Waals surface area contributed by atoms with Crippen molar-refractivity contribution in [3.63, 3.8) is 0 Å².